The van der Waals surface area contributed by atoms with Crippen molar-refractivity contribution in [2.75, 3.05) is 5.32 Å². The first kappa shape index (κ1) is 15.5. The van der Waals surface area contributed by atoms with E-state index < -0.39 is 6.10 Å². The van der Waals surface area contributed by atoms with Gasteiger partial charge in [0.1, 0.15) is 5.75 Å². The molecule has 0 saturated carbocycles. The second kappa shape index (κ2) is 6.79. The minimum absolute atomic E-state index is 0.203. The monoisotopic (exact) mass is 326 g/mol. The Kier molecular flexibility index (Phi) is 4.57. The van der Waals surface area contributed by atoms with Crippen molar-refractivity contribution < 1.29 is 9.53 Å². The average Bonchev–Trinajstić information content (AvgIpc) is 2.98. The number of carbonyl (C=O) groups is 1. The molecule has 1 unspecified atom stereocenters. The quantitative estimate of drug-likeness (QED) is 0.762. The smallest absolute Gasteiger partial charge is 0.266 e. The second-order valence-corrected chi connectivity index (χ2v) is 6.23. The first-order chi connectivity index (χ1) is 11.2. The van der Waals surface area contributed by atoms with Crippen molar-refractivity contribution in [3.05, 3.63) is 54.1 Å². The van der Waals surface area contributed by atoms with E-state index in [4.69, 9.17) is 4.74 Å². The van der Waals surface area contributed by atoms with Crippen molar-refractivity contribution in [2.45, 2.75) is 26.4 Å². The van der Waals surface area contributed by atoms with E-state index in [2.05, 4.69) is 23.3 Å². The van der Waals surface area contributed by atoms with Gasteiger partial charge in [-0.2, -0.15) is 0 Å². The van der Waals surface area contributed by atoms with E-state index in [0.717, 1.165) is 16.6 Å². The molecule has 3 aromatic rings. The third-order valence-corrected chi connectivity index (χ3v) is 4.47. The van der Waals surface area contributed by atoms with Crippen LogP contribution in [0.2, 0.25) is 0 Å². The van der Waals surface area contributed by atoms with Gasteiger partial charge in [-0.05, 0) is 37.1 Å². The molecule has 0 fully saturated rings. The molecule has 2 aromatic carbocycles. The van der Waals surface area contributed by atoms with Gasteiger partial charge in [0.25, 0.3) is 5.91 Å². The lowest BCUT2D eigenvalue weighted by atomic mass is 10.1. The Bertz CT molecular complexity index is 814. The van der Waals surface area contributed by atoms with Crippen LogP contribution in [0.25, 0.3) is 10.2 Å². The van der Waals surface area contributed by atoms with Gasteiger partial charge in [0.2, 0.25) is 0 Å². The molecule has 0 radical (unpaired) electrons. The first-order valence-corrected chi connectivity index (χ1v) is 8.40. The summed E-state index contributed by atoms with van der Waals surface area (Å²) >= 11 is 1.48. The van der Waals surface area contributed by atoms with Gasteiger partial charge in [-0.15, -0.1) is 0 Å². The number of thiazole rings is 1. The molecule has 0 saturated heterocycles. The van der Waals surface area contributed by atoms with Gasteiger partial charge < -0.3 is 4.74 Å². The van der Waals surface area contributed by atoms with Crippen molar-refractivity contribution in [1.29, 1.82) is 0 Å². The summed E-state index contributed by atoms with van der Waals surface area (Å²) in [7, 11) is 0. The molecule has 1 heterocycles. The number of nitrogens with zero attached hydrogens (tertiary/aromatic N) is 1. The molecule has 5 heteroatoms. The minimum atomic E-state index is -0.588. The summed E-state index contributed by atoms with van der Waals surface area (Å²) < 4.78 is 6.71. The fraction of sp³-hybridized carbons (Fsp3) is 0.222. The number of anilines is 1. The van der Waals surface area contributed by atoms with Gasteiger partial charge in [0.05, 0.1) is 10.2 Å². The number of benzene rings is 2. The van der Waals surface area contributed by atoms with E-state index in [-0.39, 0.29) is 5.91 Å². The lowest BCUT2D eigenvalue weighted by molar-refractivity contribution is -0.122. The maximum Gasteiger partial charge on any atom is 0.266 e. The lowest BCUT2D eigenvalue weighted by Crippen LogP contribution is -2.30. The Morgan fingerprint density at radius 2 is 2.00 bits per heavy atom. The van der Waals surface area contributed by atoms with Gasteiger partial charge in [0.15, 0.2) is 11.2 Å². The summed E-state index contributed by atoms with van der Waals surface area (Å²) in [5.74, 6) is 0.471. The van der Waals surface area contributed by atoms with Crippen molar-refractivity contribution in [2.24, 2.45) is 0 Å². The summed E-state index contributed by atoms with van der Waals surface area (Å²) in [4.78, 5) is 16.8. The van der Waals surface area contributed by atoms with Crippen LogP contribution in [0, 0.1) is 0 Å². The molecule has 0 aliphatic rings. The third-order valence-electron chi connectivity index (χ3n) is 3.54. The summed E-state index contributed by atoms with van der Waals surface area (Å²) in [6.07, 6.45) is 0.331. The molecule has 118 valence electrons. The number of para-hydroxylation sites is 2. The molecule has 0 aliphatic heterocycles. The van der Waals surface area contributed by atoms with E-state index >= 15 is 0 Å². The van der Waals surface area contributed by atoms with Gasteiger partial charge in [0, 0.05) is 0 Å². The highest BCUT2D eigenvalue weighted by Crippen LogP contribution is 2.28. The zero-order chi connectivity index (χ0) is 16.2. The fourth-order valence-corrected chi connectivity index (χ4v) is 3.22. The normalized spacial score (nSPS) is 12.1. The third kappa shape index (κ3) is 3.51. The number of fused-ring (bicyclic) bond motifs is 1. The van der Waals surface area contributed by atoms with E-state index in [1.165, 1.54) is 16.9 Å². The number of amides is 1. The van der Waals surface area contributed by atoms with Crippen molar-refractivity contribution >= 4 is 32.6 Å². The summed E-state index contributed by atoms with van der Waals surface area (Å²) in [6, 6.07) is 15.4. The maximum atomic E-state index is 12.3. The van der Waals surface area contributed by atoms with Gasteiger partial charge in [-0.25, -0.2) is 4.98 Å². The maximum absolute atomic E-state index is 12.3. The molecule has 1 aromatic heterocycles. The van der Waals surface area contributed by atoms with Crippen LogP contribution in [0.3, 0.4) is 0 Å². The van der Waals surface area contributed by atoms with Crippen LogP contribution in [0.5, 0.6) is 5.75 Å². The number of hydrogen-bond donors (Lipinski definition) is 1. The van der Waals surface area contributed by atoms with Crippen molar-refractivity contribution in [3.63, 3.8) is 0 Å². The molecule has 0 bridgehead atoms. The van der Waals surface area contributed by atoms with Crippen LogP contribution in [-0.4, -0.2) is 17.0 Å². The SMILES string of the molecule is CCc1cccc2sc(NC(=O)C(C)Oc3ccccc3)nc12. The molecule has 1 amide bonds. The standard InChI is InChI=1S/C18H18N2O2S/c1-3-13-8-7-11-15-16(13)19-18(23-15)20-17(21)12(2)22-14-9-5-4-6-10-14/h4-12H,3H2,1-2H3,(H,19,20,21). The summed E-state index contributed by atoms with van der Waals surface area (Å²) in [5.41, 5.74) is 2.15. The molecule has 23 heavy (non-hydrogen) atoms. The van der Waals surface area contributed by atoms with Crippen LogP contribution in [0.15, 0.2) is 48.5 Å². The number of carbonyl (C=O) groups excluding carboxylic acids is 1. The zero-order valence-corrected chi connectivity index (χ0v) is 13.9. The topological polar surface area (TPSA) is 51.2 Å². The largest absolute Gasteiger partial charge is 0.481 e. The lowest BCUT2D eigenvalue weighted by Gasteiger charge is -2.13. The number of aromatic nitrogens is 1. The van der Waals surface area contributed by atoms with Crippen LogP contribution >= 0.6 is 11.3 Å². The van der Waals surface area contributed by atoms with Crippen molar-refractivity contribution in [3.8, 4) is 5.75 Å². The number of aryl methyl sites for hydroxylation is 1. The number of hydrogen-bond acceptors (Lipinski definition) is 4. The Labute approximate surface area is 139 Å². The predicted octanol–water partition coefficient (Wildman–Crippen LogP) is 4.26. The second-order valence-electron chi connectivity index (χ2n) is 5.20. The van der Waals surface area contributed by atoms with Crippen LogP contribution in [-0.2, 0) is 11.2 Å². The molecule has 1 N–H and O–H groups in total. The average molecular weight is 326 g/mol. The van der Waals surface area contributed by atoms with Gasteiger partial charge in [-0.1, -0.05) is 48.6 Å². The molecular weight excluding hydrogens is 308 g/mol. The van der Waals surface area contributed by atoms with E-state index in [1.54, 1.807) is 6.92 Å². The zero-order valence-electron chi connectivity index (χ0n) is 13.1. The van der Waals surface area contributed by atoms with Crippen LogP contribution in [0.1, 0.15) is 19.4 Å². The van der Waals surface area contributed by atoms with E-state index in [9.17, 15) is 4.79 Å². The Balaban J connectivity index is 1.72. The molecule has 1 atom stereocenters. The molecule has 0 spiro atoms. The summed E-state index contributed by atoms with van der Waals surface area (Å²) in [5, 5.41) is 3.45. The number of nitrogens with one attached hydrogen (secondary N) is 1. The Morgan fingerprint density at radius 3 is 2.74 bits per heavy atom. The van der Waals surface area contributed by atoms with Gasteiger partial charge in [-0.3, -0.25) is 10.1 Å². The van der Waals surface area contributed by atoms with Crippen LogP contribution < -0.4 is 10.1 Å². The minimum Gasteiger partial charge on any atom is -0.481 e. The molecular formula is C18H18N2O2S. The first-order valence-electron chi connectivity index (χ1n) is 7.58. The number of rotatable bonds is 5. The molecule has 3 rings (SSSR count). The Morgan fingerprint density at radius 1 is 1.22 bits per heavy atom. The predicted molar refractivity (Wildman–Crippen MR) is 94.2 cm³/mol. The van der Waals surface area contributed by atoms with E-state index in [1.807, 2.05) is 42.5 Å². The summed E-state index contributed by atoms with van der Waals surface area (Å²) in [6.45, 7) is 3.83. The molecule has 0 aliphatic carbocycles. The highest BCUT2D eigenvalue weighted by atomic mass is 32.1. The van der Waals surface area contributed by atoms with Crippen LogP contribution in [0.4, 0.5) is 5.13 Å². The highest BCUT2D eigenvalue weighted by molar-refractivity contribution is 7.22. The van der Waals surface area contributed by atoms with E-state index in [0.29, 0.717) is 10.9 Å². The Hall–Kier alpha value is -2.40. The fourth-order valence-electron chi connectivity index (χ4n) is 2.31. The molecule has 4 nitrogen and oxygen atoms in total. The van der Waals surface area contributed by atoms with Gasteiger partial charge >= 0.3 is 0 Å². The highest BCUT2D eigenvalue weighted by Gasteiger charge is 2.17. The van der Waals surface area contributed by atoms with Crippen molar-refractivity contribution in [1.82, 2.24) is 4.98 Å². The number of ether oxygens (including phenoxy) is 1.